The van der Waals surface area contributed by atoms with Gasteiger partial charge in [0.1, 0.15) is 28.6 Å². The molecule has 6 rings (SSSR count). The summed E-state index contributed by atoms with van der Waals surface area (Å²) in [5.74, 6) is 1.29. The number of methoxy groups -OCH3 is 4. The van der Waals surface area contributed by atoms with E-state index in [9.17, 15) is 19.2 Å². The van der Waals surface area contributed by atoms with E-state index >= 15 is 0 Å². The van der Waals surface area contributed by atoms with Gasteiger partial charge in [-0.2, -0.15) is 0 Å². The Morgan fingerprint density at radius 1 is 0.560 bits per heavy atom. The Morgan fingerprint density at radius 3 is 1.56 bits per heavy atom. The van der Waals surface area contributed by atoms with E-state index < -0.39 is 0 Å². The molecule has 0 aliphatic rings. The summed E-state index contributed by atoms with van der Waals surface area (Å²) in [5.41, 5.74) is 2.55. The van der Waals surface area contributed by atoms with Crippen LogP contribution in [0.15, 0.2) is 119 Å². The van der Waals surface area contributed by atoms with Gasteiger partial charge >= 0.3 is 0 Å². The van der Waals surface area contributed by atoms with Gasteiger partial charge in [-0.25, -0.2) is 0 Å². The summed E-state index contributed by atoms with van der Waals surface area (Å²) in [6.45, 7) is 0. The summed E-state index contributed by atoms with van der Waals surface area (Å²) in [6.07, 6.45) is 5.72. The molecule has 0 aliphatic heterocycles. The molecule has 0 spiro atoms. The van der Waals surface area contributed by atoms with Gasteiger partial charge in [0.25, 0.3) is 11.1 Å². The zero-order valence-corrected chi connectivity index (χ0v) is 27.8. The predicted molar refractivity (Wildman–Crippen MR) is 199 cm³/mol. The number of hydrogen-bond donors (Lipinski definition) is 2. The van der Waals surface area contributed by atoms with Gasteiger partial charge in [0.15, 0.2) is 11.6 Å². The molecule has 0 saturated heterocycles. The smallest absolute Gasteiger partial charge is 0.255 e. The Morgan fingerprint density at radius 2 is 1.06 bits per heavy atom. The van der Waals surface area contributed by atoms with Crippen LogP contribution in [0.25, 0.3) is 34.0 Å². The molecule has 4 aromatic carbocycles. The number of benzene rings is 4. The van der Waals surface area contributed by atoms with E-state index in [4.69, 9.17) is 18.9 Å². The summed E-state index contributed by atoms with van der Waals surface area (Å²) in [5, 5.41) is 1.79. The second-order valence-corrected chi connectivity index (χ2v) is 10.8. The van der Waals surface area contributed by atoms with Crippen molar-refractivity contribution < 1.29 is 31.4 Å². The van der Waals surface area contributed by atoms with Gasteiger partial charge in [-0.1, -0.05) is 42.5 Å². The number of aromatic nitrogens is 2. The van der Waals surface area contributed by atoms with E-state index in [1.807, 2.05) is 48.5 Å². The van der Waals surface area contributed by atoms with E-state index in [1.165, 1.54) is 45.6 Å². The van der Waals surface area contributed by atoms with Crippen LogP contribution in [0.5, 0.6) is 23.0 Å². The molecule has 0 aliphatic carbocycles. The Hall–Kier alpha value is -6.68. The molecular formula is C40H38N2O8. The van der Waals surface area contributed by atoms with Crippen molar-refractivity contribution in [3.63, 3.8) is 0 Å². The monoisotopic (exact) mass is 674 g/mol. The first kappa shape index (κ1) is 34.6. The van der Waals surface area contributed by atoms with Crippen LogP contribution in [0.4, 0.5) is 0 Å². The van der Waals surface area contributed by atoms with Crippen molar-refractivity contribution in [3.8, 4) is 23.0 Å². The molecule has 2 heterocycles. The van der Waals surface area contributed by atoms with Crippen LogP contribution in [-0.2, 0) is 0 Å². The van der Waals surface area contributed by atoms with Crippen molar-refractivity contribution in [2.24, 2.45) is 0 Å². The van der Waals surface area contributed by atoms with E-state index in [0.717, 1.165) is 21.8 Å². The highest BCUT2D eigenvalue weighted by atomic mass is 16.5. The average Bonchev–Trinajstić information content (AvgIpc) is 3.15. The van der Waals surface area contributed by atoms with Crippen molar-refractivity contribution >= 4 is 45.5 Å². The van der Waals surface area contributed by atoms with Crippen LogP contribution in [-0.4, -0.2) is 50.0 Å². The summed E-state index contributed by atoms with van der Waals surface area (Å²) < 4.78 is 20.8. The van der Waals surface area contributed by atoms with Crippen LogP contribution < -0.4 is 30.1 Å². The number of hydrogen-bond acceptors (Lipinski definition) is 8. The molecular weight excluding hydrogens is 636 g/mol. The predicted octanol–water partition coefficient (Wildman–Crippen LogP) is 7.37. The summed E-state index contributed by atoms with van der Waals surface area (Å²) in [7, 11) is 6.01. The topological polar surface area (TPSA) is 137 Å². The number of ketones is 2. The molecule has 0 fully saturated rings. The van der Waals surface area contributed by atoms with Crippen molar-refractivity contribution in [2.45, 2.75) is 0 Å². The third-order valence-electron chi connectivity index (χ3n) is 7.74. The molecule has 2 aromatic heterocycles. The Bertz CT molecular complexity index is 2360. The van der Waals surface area contributed by atoms with Gasteiger partial charge in [0, 0.05) is 31.1 Å². The zero-order chi connectivity index (χ0) is 35.6. The number of carbonyl (C=O) groups is 2. The minimum absolute atomic E-state index is 0. The number of rotatable bonds is 10. The molecule has 0 bridgehead atoms. The second kappa shape index (κ2) is 15.9. The van der Waals surface area contributed by atoms with Crippen molar-refractivity contribution in [2.75, 3.05) is 28.4 Å². The number of nitrogens with one attached hydrogen (secondary N) is 2. The molecule has 50 heavy (non-hydrogen) atoms. The molecule has 10 nitrogen and oxygen atoms in total. The van der Waals surface area contributed by atoms with E-state index in [-0.39, 0.29) is 25.5 Å². The third kappa shape index (κ3) is 7.88. The maximum absolute atomic E-state index is 12.6. The lowest BCUT2D eigenvalue weighted by Gasteiger charge is -2.10. The first-order chi connectivity index (χ1) is 24.3. The normalized spacial score (nSPS) is 11.0. The van der Waals surface area contributed by atoms with Crippen molar-refractivity contribution in [1.82, 2.24) is 9.97 Å². The van der Waals surface area contributed by atoms with Gasteiger partial charge in [-0.3, -0.25) is 19.2 Å². The quantitative estimate of drug-likeness (QED) is 0.114. The van der Waals surface area contributed by atoms with E-state index in [1.54, 1.807) is 55.6 Å². The van der Waals surface area contributed by atoms with Gasteiger partial charge in [-0.05, 0) is 83.6 Å². The Labute approximate surface area is 290 Å². The number of ether oxygens (including phenoxy) is 4. The van der Waals surface area contributed by atoms with E-state index in [2.05, 4.69) is 9.97 Å². The first-order valence-corrected chi connectivity index (χ1v) is 15.4. The molecule has 2 N–H and O–H groups in total. The number of H-pyrrole nitrogens is 2. The largest absolute Gasteiger partial charge is 0.497 e. The van der Waals surface area contributed by atoms with Crippen LogP contribution in [0.3, 0.4) is 0 Å². The summed E-state index contributed by atoms with van der Waals surface area (Å²) in [6, 6.07) is 28.5. The van der Waals surface area contributed by atoms with Gasteiger partial charge in [0.05, 0.1) is 34.0 Å². The van der Waals surface area contributed by atoms with Crippen LogP contribution >= 0.6 is 0 Å². The molecule has 0 saturated carbocycles. The highest BCUT2D eigenvalue weighted by molar-refractivity contribution is 6.11. The van der Waals surface area contributed by atoms with Crippen LogP contribution in [0.2, 0.25) is 0 Å². The fourth-order valence-electron chi connectivity index (χ4n) is 5.18. The first-order valence-electron chi connectivity index (χ1n) is 15.4. The molecule has 0 atom stereocenters. The number of pyridine rings is 2. The molecule has 0 unspecified atom stereocenters. The SMILES string of the molecule is COc1ccc(C(=O)/C=C/c2cc3ccccc3[nH]c2=O)c(OC)c1.COc1cccc(OC)c1C(=O)/C=C/c1cc2ccccc2[nH]c1=O.[HH].[HH]. The molecule has 0 amide bonds. The summed E-state index contributed by atoms with van der Waals surface area (Å²) >= 11 is 0. The van der Waals surface area contributed by atoms with Crippen molar-refractivity contribution in [3.05, 3.63) is 152 Å². The second-order valence-electron chi connectivity index (χ2n) is 10.8. The lowest BCUT2D eigenvalue weighted by Crippen LogP contribution is -2.09. The Balaban J connectivity index is 0.000000270. The third-order valence-corrected chi connectivity index (χ3v) is 7.74. The molecule has 0 radical (unpaired) electrons. The number of allylic oxidation sites excluding steroid dienone is 2. The van der Waals surface area contributed by atoms with Crippen molar-refractivity contribution in [1.29, 1.82) is 0 Å². The Kier molecular flexibility index (Phi) is 11.0. The zero-order valence-electron chi connectivity index (χ0n) is 27.8. The van der Waals surface area contributed by atoms with Gasteiger partial charge in [-0.15, -0.1) is 0 Å². The van der Waals surface area contributed by atoms with Crippen LogP contribution in [0.1, 0.15) is 34.7 Å². The maximum Gasteiger partial charge on any atom is 0.255 e. The number of para-hydroxylation sites is 2. The minimum Gasteiger partial charge on any atom is -0.497 e. The fourth-order valence-corrected chi connectivity index (χ4v) is 5.18. The summed E-state index contributed by atoms with van der Waals surface area (Å²) in [4.78, 5) is 54.9. The highest BCUT2D eigenvalue weighted by Crippen LogP contribution is 2.29. The maximum atomic E-state index is 12.6. The van der Waals surface area contributed by atoms with Crippen LogP contribution in [0, 0.1) is 0 Å². The number of carbonyl (C=O) groups excluding carboxylic acids is 2. The standard InChI is InChI=1S/2C20H17NO4.2H2/c1-24-17-8-5-9-18(25-2)19(17)16(22)11-10-14-12-13-6-3-4-7-15(13)21-20(14)23;1-24-15-8-9-16(19(12-15)25-2)18(22)10-7-14-11-13-5-3-4-6-17(13)21-20(14)23;;/h2*3-12H,1-2H3,(H,21,23);2*1H/b11-10+;10-7+;;. The fraction of sp³-hybridized carbons (Fsp3) is 0.100. The minimum atomic E-state index is -0.304. The highest BCUT2D eigenvalue weighted by Gasteiger charge is 2.16. The van der Waals surface area contributed by atoms with E-state index in [0.29, 0.717) is 45.3 Å². The number of fused-ring (bicyclic) bond motifs is 2. The number of aromatic amines is 2. The lowest BCUT2D eigenvalue weighted by atomic mass is 10.1. The molecule has 10 heteroatoms. The molecule has 6 aromatic rings. The average molecular weight is 675 g/mol. The lowest BCUT2D eigenvalue weighted by molar-refractivity contribution is 0.103. The molecule has 256 valence electrons. The van der Waals surface area contributed by atoms with Gasteiger partial charge < -0.3 is 28.9 Å². The van der Waals surface area contributed by atoms with Gasteiger partial charge in [0.2, 0.25) is 0 Å².